The van der Waals surface area contributed by atoms with Crippen LogP contribution in [0.3, 0.4) is 0 Å². The van der Waals surface area contributed by atoms with Gasteiger partial charge in [0.15, 0.2) is 0 Å². The minimum atomic E-state index is -0.714. The van der Waals surface area contributed by atoms with Crippen LogP contribution in [-0.4, -0.2) is 23.5 Å². The number of hydrogen-bond acceptors (Lipinski definition) is 3. The number of nitrogens with one attached hydrogen (secondary N) is 2. The maximum Gasteiger partial charge on any atom is 0.313 e. The maximum atomic E-state index is 11.8. The molecule has 0 spiro atoms. The lowest BCUT2D eigenvalue weighted by atomic mass is 10.1. The minimum absolute atomic E-state index is 0.133. The number of fused-ring (bicyclic) bond motifs is 1. The number of amides is 2. The first kappa shape index (κ1) is 13.9. The molecule has 0 saturated carbocycles. The summed E-state index contributed by atoms with van der Waals surface area (Å²) in [7, 11) is 0. The summed E-state index contributed by atoms with van der Waals surface area (Å²) >= 11 is 0. The number of carbonyl (C=O) groups excluding carboxylic acids is 2. The highest BCUT2D eigenvalue weighted by Crippen LogP contribution is 2.29. The number of phenolic OH excluding ortho intramolecular Hbond substituents is 1. The van der Waals surface area contributed by atoms with Gasteiger partial charge in [0.2, 0.25) is 0 Å². The Kier molecular flexibility index (Phi) is 4.20. The predicted molar refractivity (Wildman–Crippen MR) is 77.5 cm³/mol. The fourth-order valence-corrected chi connectivity index (χ4v) is 1.90. The van der Waals surface area contributed by atoms with E-state index in [1.165, 1.54) is 0 Å². The molecule has 104 valence electrons. The molecule has 2 aromatic rings. The van der Waals surface area contributed by atoms with E-state index in [2.05, 4.69) is 10.6 Å². The molecule has 3 N–H and O–H groups in total. The van der Waals surface area contributed by atoms with Gasteiger partial charge in [0.1, 0.15) is 5.75 Å². The van der Waals surface area contributed by atoms with Gasteiger partial charge in [0, 0.05) is 23.0 Å². The van der Waals surface area contributed by atoms with Gasteiger partial charge in [-0.3, -0.25) is 9.59 Å². The molecule has 0 aromatic heterocycles. The van der Waals surface area contributed by atoms with Gasteiger partial charge in [0.25, 0.3) is 0 Å². The minimum Gasteiger partial charge on any atom is -0.507 e. The fourth-order valence-electron chi connectivity index (χ4n) is 1.90. The predicted octanol–water partition coefficient (Wildman–Crippen LogP) is 2.01. The van der Waals surface area contributed by atoms with E-state index < -0.39 is 11.8 Å². The Bertz CT molecular complexity index is 653. The fraction of sp³-hybridized carbons (Fsp3) is 0.200. The number of carbonyl (C=O) groups is 2. The molecule has 0 saturated heterocycles. The van der Waals surface area contributed by atoms with E-state index in [1.807, 2.05) is 6.92 Å². The molecule has 0 unspecified atom stereocenters. The molecule has 0 atom stereocenters. The monoisotopic (exact) mass is 272 g/mol. The summed E-state index contributed by atoms with van der Waals surface area (Å²) in [6.07, 6.45) is 0.765. The lowest BCUT2D eigenvalue weighted by Gasteiger charge is -2.09. The Hall–Kier alpha value is -2.56. The van der Waals surface area contributed by atoms with E-state index in [9.17, 15) is 14.7 Å². The number of rotatable bonds is 3. The van der Waals surface area contributed by atoms with Crippen LogP contribution in [0.2, 0.25) is 0 Å². The van der Waals surface area contributed by atoms with Crippen LogP contribution in [0.1, 0.15) is 13.3 Å². The first-order valence-electron chi connectivity index (χ1n) is 6.43. The van der Waals surface area contributed by atoms with E-state index in [4.69, 9.17) is 0 Å². The van der Waals surface area contributed by atoms with Crippen molar-refractivity contribution in [1.82, 2.24) is 5.32 Å². The van der Waals surface area contributed by atoms with Crippen molar-refractivity contribution in [3.8, 4) is 5.75 Å². The summed E-state index contributed by atoms with van der Waals surface area (Å²) in [6.45, 7) is 2.37. The molecule has 5 nitrogen and oxygen atoms in total. The van der Waals surface area contributed by atoms with Crippen LogP contribution < -0.4 is 10.6 Å². The Morgan fingerprint density at radius 1 is 1.05 bits per heavy atom. The highest BCUT2D eigenvalue weighted by molar-refractivity contribution is 6.40. The molecule has 2 aromatic carbocycles. The average molecular weight is 272 g/mol. The van der Waals surface area contributed by atoms with Crippen molar-refractivity contribution in [3.05, 3.63) is 36.4 Å². The smallest absolute Gasteiger partial charge is 0.313 e. The Morgan fingerprint density at radius 3 is 2.50 bits per heavy atom. The van der Waals surface area contributed by atoms with Gasteiger partial charge in [0.05, 0.1) is 0 Å². The van der Waals surface area contributed by atoms with Crippen molar-refractivity contribution < 1.29 is 14.7 Å². The molecule has 2 rings (SSSR count). The van der Waals surface area contributed by atoms with Gasteiger partial charge in [-0.25, -0.2) is 0 Å². The number of hydrogen-bond donors (Lipinski definition) is 3. The van der Waals surface area contributed by atoms with Crippen LogP contribution in [0.15, 0.2) is 36.4 Å². The molecule has 5 heteroatoms. The van der Waals surface area contributed by atoms with Crippen LogP contribution in [-0.2, 0) is 9.59 Å². The molecular weight excluding hydrogens is 256 g/mol. The molecular formula is C15H16N2O3. The maximum absolute atomic E-state index is 11.8. The Labute approximate surface area is 116 Å². The molecule has 0 aliphatic rings. The lowest BCUT2D eigenvalue weighted by molar-refractivity contribution is -0.136. The molecule has 20 heavy (non-hydrogen) atoms. The van der Waals surface area contributed by atoms with Crippen LogP contribution in [0.4, 0.5) is 5.69 Å². The number of benzene rings is 2. The third-order valence-corrected chi connectivity index (χ3v) is 2.89. The van der Waals surface area contributed by atoms with Gasteiger partial charge in [-0.15, -0.1) is 0 Å². The standard InChI is InChI=1S/C15H16N2O3/c1-2-9-16-14(19)15(20)17-12-7-3-6-11-10(12)5-4-8-13(11)18/h3-8,18H,2,9H2,1H3,(H,16,19)(H,17,20). The van der Waals surface area contributed by atoms with Crippen molar-refractivity contribution in [2.24, 2.45) is 0 Å². The Morgan fingerprint density at radius 2 is 1.75 bits per heavy atom. The van der Waals surface area contributed by atoms with Crippen LogP contribution in [0.5, 0.6) is 5.75 Å². The molecule has 0 heterocycles. The second-order valence-corrected chi connectivity index (χ2v) is 4.39. The van der Waals surface area contributed by atoms with Crippen LogP contribution in [0.25, 0.3) is 10.8 Å². The molecule has 0 bridgehead atoms. The van der Waals surface area contributed by atoms with Gasteiger partial charge >= 0.3 is 11.8 Å². The van der Waals surface area contributed by atoms with Crippen molar-refractivity contribution in [2.45, 2.75) is 13.3 Å². The summed E-state index contributed by atoms with van der Waals surface area (Å²) in [4.78, 5) is 23.3. The van der Waals surface area contributed by atoms with Crippen molar-refractivity contribution >= 4 is 28.3 Å². The molecule has 0 aliphatic carbocycles. The summed E-state index contributed by atoms with van der Waals surface area (Å²) in [5.74, 6) is -1.24. The topological polar surface area (TPSA) is 78.4 Å². The third-order valence-electron chi connectivity index (χ3n) is 2.89. The van der Waals surface area contributed by atoms with Gasteiger partial charge in [-0.05, 0) is 18.6 Å². The van der Waals surface area contributed by atoms with Gasteiger partial charge in [-0.2, -0.15) is 0 Å². The highest BCUT2D eigenvalue weighted by atomic mass is 16.3. The van der Waals surface area contributed by atoms with E-state index in [0.29, 0.717) is 23.0 Å². The highest BCUT2D eigenvalue weighted by Gasteiger charge is 2.14. The molecule has 0 fully saturated rings. The van der Waals surface area contributed by atoms with E-state index >= 15 is 0 Å². The first-order chi connectivity index (χ1) is 9.63. The zero-order valence-electron chi connectivity index (χ0n) is 11.1. The number of aromatic hydroxyl groups is 1. The average Bonchev–Trinajstić information content (AvgIpc) is 2.45. The zero-order valence-corrected chi connectivity index (χ0v) is 11.1. The quantitative estimate of drug-likeness (QED) is 0.748. The normalized spacial score (nSPS) is 10.2. The van der Waals surface area contributed by atoms with Gasteiger partial charge < -0.3 is 15.7 Å². The largest absolute Gasteiger partial charge is 0.507 e. The van der Waals surface area contributed by atoms with Gasteiger partial charge in [-0.1, -0.05) is 31.2 Å². The first-order valence-corrected chi connectivity index (χ1v) is 6.43. The SMILES string of the molecule is CCCNC(=O)C(=O)Nc1cccc2c(O)cccc12. The third kappa shape index (κ3) is 2.88. The molecule has 2 amide bonds. The lowest BCUT2D eigenvalue weighted by Crippen LogP contribution is -2.35. The summed E-state index contributed by atoms with van der Waals surface area (Å²) in [6, 6.07) is 10.2. The van der Waals surface area contributed by atoms with E-state index in [0.717, 1.165) is 6.42 Å². The molecule has 0 aliphatic heterocycles. The molecule has 0 radical (unpaired) electrons. The number of phenols is 1. The number of anilines is 1. The van der Waals surface area contributed by atoms with E-state index in [1.54, 1.807) is 36.4 Å². The van der Waals surface area contributed by atoms with E-state index in [-0.39, 0.29) is 5.75 Å². The van der Waals surface area contributed by atoms with Crippen LogP contribution in [0, 0.1) is 0 Å². The summed E-state index contributed by atoms with van der Waals surface area (Å²) in [5, 5.41) is 16.1. The van der Waals surface area contributed by atoms with Crippen molar-refractivity contribution in [3.63, 3.8) is 0 Å². The summed E-state index contributed by atoms with van der Waals surface area (Å²) in [5.41, 5.74) is 0.495. The summed E-state index contributed by atoms with van der Waals surface area (Å²) < 4.78 is 0. The van der Waals surface area contributed by atoms with Crippen molar-refractivity contribution in [2.75, 3.05) is 11.9 Å². The van der Waals surface area contributed by atoms with Crippen LogP contribution >= 0.6 is 0 Å². The van der Waals surface area contributed by atoms with Crippen molar-refractivity contribution in [1.29, 1.82) is 0 Å². The zero-order chi connectivity index (χ0) is 14.5. The second-order valence-electron chi connectivity index (χ2n) is 4.39. The Balaban J connectivity index is 2.24. The second kappa shape index (κ2) is 6.06.